The largest absolute Gasteiger partial charge is 0.476 e. The topological polar surface area (TPSA) is 167 Å². The molecule has 29 heavy (non-hydrogen) atoms. The number of hydrogen-bond donors (Lipinski definition) is 2. The Kier molecular flexibility index (Phi) is 4.82. The highest BCUT2D eigenvalue weighted by atomic mass is 32.2. The van der Waals surface area contributed by atoms with E-state index >= 15 is 0 Å². The van der Waals surface area contributed by atoms with Gasteiger partial charge in [0.15, 0.2) is 5.69 Å². The van der Waals surface area contributed by atoms with E-state index < -0.39 is 57.8 Å². The maximum atomic E-state index is 12.4. The molecule has 3 heterocycles. The highest BCUT2D eigenvalue weighted by Gasteiger charge is 2.52. The summed E-state index contributed by atoms with van der Waals surface area (Å²) in [5.41, 5.74) is -1.32. The van der Waals surface area contributed by atoms with Crippen molar-refractivity contribution in [3.05, 3.63) is 41.7 Å². The SMILES string of the molecule is O=C(O)c1nnn([C@H]2CO[C@@H]3[C@H]2OC[C@@H]3OS(=O)(=O)c2ccccc2)c1C(=O)O. The molecule has 2 aliphatic heterocycles. The van der Waals surface area contributed by atoms with E-state index in [4.69, 9.17) is 18.8 Å². The number of ether oxygens (including phenoxy) is 2. The normalized spacial score (nSPS) is 26.3. The van der Waals surface area contributed by atoms with Gasteiger partial charge in [0.2, 0.25) is 5.69 Å². The lowest BCUT2D eigenvalue weighted by Gasteiger charge is -2.17. The zero-order chi connectivity index (χ0) is 20.8. The van der Waals surface area contributed by atoms with Gasteiger partial charge in [-0.2, -0.15) is 8.42 Å². The Morgan fingerprint density at radius 3 is 2.41 bits per heavy atom. The Morgan fingerprint density at radius 2 is 1.76 bits per heavy atom. The monoisotopic (exact) mass is 425 g/mol. The predicted octanol–water partition coefficient (Wildman–Crippen LogP) is -0.213. The predicted molar refractivity (Wildman–Crippen MR) is 91.0 cm³/mol. The molecule has 1 aromatic carbocycles. The highest BCUT2D eigenvalue weighted by molar-refractivity contribution is 7.86. The first-order chi connectivity index (χ1) is 13.8. The number of hydrogen-bond acceptors (Lipinski definition) is 9. The Labute approximate surface area is 163 Å². The first-order valence-corrected chi connectivity index (χ1v) is 9.83. The maximum Gasteiger partial charge on any atom is 0.359 e. The van der Waals surface area contributed by atoms with Crippen molar-refractivity contribution in [3.8, 4) is 0 Å². The summed E-state index contributed by atoms with van der Waals surface area (Å²) in [6.07, 6.45) is -2.55. The van der Waals surface area contributed by atoms with Crippen molar-refractivity contribution in [1.29, 1.82) is 0 Å². The molecule has 0 radical (unpaired) electrons. The van der Waals surface area contributed by atoms with Crippen molar-refractivity contribution in [2.45, 2.75) is 29.2 Å². The Hall–Kier alpha value is -2.87. The van der Waals surface area contributed by atoms with Gasteiger partial charge >= 0.3 is 11.9 Å². The van der Waals surface area contributed by atoms with Crippen LogP contribution < -0.4 is 0 Å². The summed E-state index contributed by atoms with van der Waals surface area (Å²) in [6, 6.07) is 6.77. The van der Waals surface area contributed by atoms with Crippen LogP contribution in [0.15, 0.2) is 35.2 Å². The van der Waals surface area contributed by atoms with Gasteiger partial charge in [-0.3, -0.25) is 4.18 Å². The molecule has 154 valence electrons. The minimum Gasteiger partial charge on any atom is -0.476 e. The molecular weight excluding hydrogens is 410 g/mol. The number of aromatic carboxylic acids is 2. The molecule has 2 N–H and O–H groups in total. The molecule has 0 bridgehead atoms. The highest BCUT2D eigenvalue weighted by Crippen LogP contribution is 2.37. The second-order valence-electron chi connectivity index (χ2n) is 6.41. The van der Waals surface area contributed by atoms with Crippen LogP contribution in [-0.4, -0.2) is 77.1 Å². The number of carbonyl (C=O) groups is 2. The van der Waals surface area contributed by atoms with Crippen molar-refractivity contribution >= 4 is 22.1 Å². The van der Waals surface area contributed by atoms with Gasteiger partial charge in [0, 0.05) is 0 Å². The van der Waals surface area contributed by atoms with Crippen LogP contribution >= 0.6 is 0 Å². The first-order valence-electron chi connectivity index (χ1n) is 8.43. The van der Waals surface area contributed by atoms with Gasteiger partial charge in [0.1, 0.15) is 24.4 Å². The molecule has 2 aromatic rings. The fraction of sp³-hybridized carbons (Fsp3) is 0.375. The molecule has 0 spiro atoms. The molecule has 2 saturated heterocycles. The standard InChI is InChI=1S/C16H15N3O9S/c20-15(21)11-12(16(22)23)19(18-17-11)9-6-26-14-10(7-27-13(9)14)28-29(24,25)8-4-2-1-3-5-8/h1-5,9-10,13-14H,6-7H2,(H,20,21)(H,22,23)/t9-,10-,13-,14-/m0/s1. The lowest BCUT2D eigenvalue weighted by molar-refractivity contribution is 0.0323. The van der Waals surface area contributed by atoms with Crippen LogP contribution in [0.1, 0.15) is 27.0 Å². The van der Waals surface area contributed by atoms with Gasteiger partial charge in [0.25, 0.3) is 10.1 Å². The summed E-state index contributed by atoms with van der Waals surface area (Å²) >= 11 is 0. The first kappa shape index (κ1) is 19.4. The fourth-order valence-electron chi connectivity index (χ4n) is 3.41. The maximum absolute atomic E-state index is 12.4. The Morgan fingerprint density at radius 1 is 1.07 bits per heavy atom. The molecule has 13 heteroatoms. The van der Waals surface area contributed by atoms with Gasteiger partial charge in [0.05, 0.1) is 18.1 Å². The van der Waals surface area contributed by atoms with E-state index in [2.05, 4.69) is 10.3 Å². The van der Waals surface area contributed by atoms with Crippen LogP contribution in [0.5, 0.6) is 0 Å². The van der Waals surface area contributed by atoms with E-state index in [1.807, 2.05) is 0 Å². The number of aromatic nitrogens is 3. The van der Waals surface area contributed by atoms with Crippen LogP contribution in [0, 0.1) is 0 Å². The Balaban J connectivity index is 1.56. The van der Waals surface area contributed by atoms with Gasteiger partial charge in [-0.05, 0) is 12.1 Å². The molecular formula is C16H15N3O9S. The molecule has 0 unspecified atom stereocenters. The summed E-state index contributed by atoms with van der Waals surface area (Å²) in [4.78, 5) is 22.7. The minimum atomic E-state index is -4.06. The van der Waals surface area contributed by atoms with Gasteiger partial charge in [-0.15, -0.1) is 5.10 Å². The smallest absolute Gasteiger partial charge is 0.359 e. The van der Waals surface area contributed by atoms with Crippen molar-refractivity contribution in [2.24, 2.45) is 0 Å². The van der Waals surface area contributed by atoms with Crippen molar-refractivity contribution in [1.82, 2.24) is 15.0 Å². The van der Waals surface area contributed by atoms with E-state index in [-0.39, 0.29) is 18.1 Å². The summed E-state index contributed by atoms with van der Waals surface area (Å²) < 4.78 is 42.3. The van der Waals surface area contributed by atoms with E-state index in [0.29, 0.717) is 0 Å². The van der Waals surface area contributed by atoms with E-state index in [9.17, 15) is 23.1 Å². The van der Waals surface area contributed by atoms with Crippen LogP contribution in [0.4, 0.5) is 0 Å². The molecule has 0 aliphatic carbocycles. The fourth-order valence-corrected chi connectivity index (χ4v) is 4.50. The molecule has 4 rings (SSSR count). The van der Waals surface area contributed by atoms with Crippen molar-refractivity contribution < 1.29 is 41.9 Å². The minimum absolute atomic E-state index is 0.0199. The van der Waals surface area contributed by atoms with E-state index in [1.165, 1.54) is 12.1 Å². The number of rotatable bonds is 6. The summed E-state index contributed by atoms with van der Waals surface area (Å²) in [5, 5.41) is 25.5. The van der Waals surface area contributed by atoms with E-state index in [0.717, 1.165) is 4.68 Å². The molecule has 1 aromatic heterocycles. The zero-order valence-electron chi connectivity index (χ0n) is 14.6. The third kappa shape index (κ3) is 3.37. The second kappa shape index (κ2) is 7.18. The number of nitrogens with zero attached hydrogens (tertiary/aromatic N) is 3. The van der Waals surface area contributed by atoms with Crippen LogP contribution in [0.3, 0.4) is 0 Å². The number of fused-ring (bicyclic) bond motifs is 1. The second-order valence-corrected chi connectivity index (χ2v) is 7.98. The number of carboxylic acid groups (broad SMARTS) is 2. The molecule has 12 nitrogen and oxygen atoms in total. The number of benzene rings is 1. The Bertz CT molecular complexity index is 1050. The van der Waals surface area contributed by atoms with Crippen molar-refractivity contribution in [3.63, 3.8) is 0 Å². The molecule has 0 amide bonds. The molecule has 4 atom stereocenters. The van der Waals surface area contributed by atoms with Gasteiger partial charge in [-0.25, -0.2) is 14.3 Å². The van der Waals surface area contributed by atoms with Crippen LogP contribution in [0.2, 0.25) is 0 Å². The van der Waals surface area contributed by atoms with Crippen molar-refractivity contribution in [2.75, 3.05) is 13.2 Å². The van der Waals surface area contributed by atoms with Gasteiger partial charge in [-0.1, -0.05) is 23.4 Å². The molecule has 0 saturated carbocycles. The van der Waals surface area contributed by atoms with E-state index in [1.54, 1.807) is 18.2 Å². The average Bonchev–Trinajstić information content (AvgIpc) is 3.37. The number of carboxylic acids is 2. The third-order valence-corrected chi connectivity index (χ3v) is 6.03. The molecule has 2 aliphatic rings. The zero-order valence-corrected chi connectivity index (χ0v) is 15.4. The van der Waals surface area contributed by atoms with Crippen LogP contribution in [0.25, 0.3) is 0 Å². The average molecular weight is 425 g/mol. The summed E-state index contributed by atoms with van der Waals surface area (Å²) in [6.45, 7) is -0.190. The van der Waals surface area contributed by atoms with Crippen LogP contribution in [-0.2, 0) is 23.8 Å². The summed E-state index contributed by atoms with van der Waals surface area (Å²) in [5.74, 6) is -3.06. The van der Waals surface area contributed by atoms with Gasteiger partial charge < -0.3 is 19.7 Å². The summed E-state index contributed by atoms with van der Waals surface area (Å²) in [7, 11) is -4.06. The lowest BCUT2D eigenvalue weighted by atomic mass is 10.1. The lowest BCUT2D eigenvalue weighted by Crippen LogP contribution is -2.34. The third-order valence-electron chi connectivity index (χ3n) is 4.68. The quantitative estimate of drug-likeness (QED) is 0.587. The molecule has 2 fully saturated rings.